The zero-order valence-electron chi connectivity index (χ0n) is 10.1. The van der Waals surface area contributed by atoms with Crippen molar-refractivity contribution in [2.45, 2.75) is 32.4 Å². The first kappa shape index (κ1) is 13.0. The number of carbonyl (C=O) groups excluding carboxylic acids is 1. The number of halogens is 3. The molecule has 0 saturated heterocycles. The van der Waals surface area contributed by atoms with Crippen LogP contribution in [0.5, 0.6) is 0 Å². The lowest BCUT2D eigenvalue weighted by atomic mass is 9.86. The molecule has 1 aliphatic rings. The molecule has 1 aromatic heterocycles. The van der Waals surface area contributed by atoms with E-state index in [4.69, 9.17) is 4.42 Å². The maximum atomic E-state index is 12.6. The average Bonchev–Trinajstić information content (AvgIpc) is 2.64. The molecule has 100 valence electrons. The van der Waals surface area contributed by atoms with Gasteiger partial charge in [0.2, 0.25) is 5.76 Å². The molecule has 3 nitrogen and oxygen atoms in total. The Bertz CT molecular complexity index is 474. The third-order valence-corrected chi connectivity index (χ3v) is 3.36. The monoisotopic (exact) mass is 262 g/mol. The van der Waals surface area contributed by atoms with Crippen molar-refractivity contribution in [3.63, 3.8) is 0 Å². The van der Waals surface area contributed by atoms with Crippen molar-refractivity contribution < 1.29 is 27.1 Å². The van der Waals surface area contributed by atoms with Crippen LogP contribution < -0.4 is 0 Å². The van der Waals surface area contributed by atoms with E-state index < -0.39 is 18.1 Å². The minimum Gasteiger partial charge on any atom is -0.463 e. The highest BCUT2D eigenvalue weighted by atomic mass is 19.4. The molecule has 0 aromatic carbocycles. The fourth-order valence-electron chi connectivity index (χ4n) is 2.31. The van der Waals surface area contributed by atoms with E-state index in [0.717, 1.165) is 5.56 Å². The highest BCUT2D eigenvalue weighted by Crippen LogP contribution is 2.39. The van der Waals surface area contributed by atoms with E-state index in [1.807, 2.05) is 0 Å². The Morgan fingerprint density at radius 3 is 2.67 bits per heavy atom. The number of ether oxygens (including phenoxy) is 1. The van der Waals surface area contributed by atoms with E-state index in [0.29, 0.717) is 5.56 Å². The zero-order chi connectivity index (χ0) is 13.5. The van der Waals surface area contributed by atoms with Crippen LogP contribution in [0.2, 0.25) is 0 Å². The number of esters is 1. The van der Waals surface area contributed by atoms with Crippen LogP contribution in [-0.4, -0.2) is 19.3 Å². The van der Waals surface area contributed by atoms with Gasteiger partial charge in [-0.05, 0) is 25.3 Å². The lowest BCUT2D eigenvalue weighted by molar-refractivity contribution is -0.178. The molecule has 18 heavy (non-hydrogen) atoms. The van der Waals surface area contributed by atoms with Crippen LogP contribution >= 0.6 is 0 Å². The topological polar surface area (TPSA) is 39.4 Å². The average molecular weight is 262 g/mol. The van der Waals surface area contributed by atoms with Crippen LogP contribution in [0.4, 0.5) is 13.2 Å². The summed E-state index contributed by atoms with van der Waals surface area (Å²) in [7, 11) is 1.21. The predicted octanol–water partition coefficient (Wildman–Crippen LogP) is 3.04. The fraction of sp³-hybridized carbons (Fsp3) is 0.583. The molecule has 0 bridgehead atoms. The van der Waals surface area contributed by atoms with Gasteiger partial charge in [0.25, 0.3) is 0 Å². The summed E-state index contributed by atoms with van der Waals surface area (Å²) in [6.45, 7) is 1.67. The van der Waals surface area contributed by atoms with Crippen LogP contribution in [0, 0.1) is 12.8 Å². The molecule has 0 amide bonds. The van der Waals surface area contributed by atoms with Gasteiger partial charge in [-0.1, -0.05) is 0 Å². The van der Waals surface area contributed by atoms with Crippen molar-refractivity contribution in [1.82, 2.24) is 0 Å². The minimum atomic E-state index is -4.22. The van der Waals surface area contributed by atoms with Gasteiger partial charge in [-0.3, -0.25) is 0 Å². The van der Waals surface area contributed by atoms with E-state index in [1.165, 1.54) is 7.11 Å². The standard InChI is InChI=1S/C12H13F3O3/c1-6-8-4-3-7(12(13,14)15)5-9(8)18-10(6)11(16)17-2/h7H,3-5H2,1-2H3/t7-/m0/s1. The zero-order valence-corrected chi connectivity index (χ0v) is 10.1. The number of fused-ring (bicyclic) bond motifs is 1. The third-order valence-electron chi connectivity index (χ3n) is 3.36. The SMILES string of the molecule is COC(=O)c1oc2c(c1C)CC[C@H](C(F)(F)F)C2. The van der Waals surface area contributed by atoms with E-state index >= 15 is 0 Å². The van der Waals surface area contributed by atoms with E-state index in [9.17, 15) is 18.0 Å². The minimum absolute atomic E-state index is 0.0188. The van der Waals surface area contributed by atoms with Gasteiger partial charge >= 0.3 is 12.1 Å². The molecule has 0 radical (unpaired) electrons. The Kier molecular flexibility index (Phi) is 3.12. The Balaban J connectivity index is 2.32. The van der Waals surface area contributed by atoms with Crippen LogP contribution in [-0.2, 0) is 17.6 Å². The molecule has 1 atom stereocenters. The number of furan rings is 1. The Morgan fingerprint density at radius 1 is 1.44 bits per heavy atom. The summed E-state index contributed by atoms with van der Waals surface area (Å²) in [5.74, 6) is -1.75. The van der Waals surface area contributed by atoms with Crippen LogP contribution in [0.25, 0.3) is 0 Å². The van der Waals surface area contributed by atoms with Crippen LogP contribution in [0.3, 0.4) is 0 Å². The number of carbonyl (C=O) groups is 1. The Morgan fingerprint density at radius 2 is 2.11 bits per heavy atom. The fourth-order valence-corrected chi connectivity index (χ4v) is 2.31. The highest BCUT2D eigenvalue weighted by molar-refractivity contribution is 5.88. The van der Waals surface area contributed by atoms with Gasteiger partial charge in [0.1, 0.15) is 5.76 Å². The van der Waals surface area contributed by atoms with Crippen molar-refractivity contribution >= 4 is 5.97 Å². The molecular formula is C12H13F3O3. The molecule has 2 rings (SSSR count). The van der Waals surface area contributed by atoms with Crippen molar-refractivity contribution in [2.24, 2.45) is 5.92 Å². The van der Waals surface area contributed by atoms with Crippen molar-refractivity contribution in [3.8, 4) is 0 Å². The summed E-state index contributed by atoms with van der Waals surface area (Å²) in [6, 6.07) is 0. The lowest BCUT2D eigenvalue weighted by Crippen LogP contribution is -2.28. The van der Waals surface area contributed by atoms with Gasteiger partial charge < -0.3 is 9.15 Å². The van der Waals surface area contributed by atoms with Gasteiger partial charge in [-0.25, -0.2) is 4.79 Å². The smallest absolute Gasteiger partial charge is 0.392 e. The summed E-state index contributed by atoms with van der Waals surface area (Å²) in [5.41, 5.74) is 1.31. The largest absolute Gasteiger partial charge is 0.463 e. The van der Waals surface area contributed by atoms with E-state index in [-0.39, 0.29) is 30.8 Å². The molecule has 1 aromatic rings. The Hall–Kier alpha value is -1.46. The van der Waals surface area contributed by atoms with Gasteiger partial charge in [0.05, 0.1) is 13.0 Å². The lowest BCUT2D eigenvalue weighted by Gasteiger charge is -2.23. The second-order valence-electron chi connectivity index (χ2n) is 4.43. The molecular weight excluding hydrogens is 249 g/mol. The number of hydrogen-bond acceptors (Lipinski definition) is 3. The first-order valence-electron chi connectivity index (χ1n) is 5.60. The maximum absolute atomic E-state index is 12.6. The molecule has 0 unspecified atom stereocenters. The summed E-state index contributed by atoms with van der Waals surface area (Å²) in [6.07, 6.45) is -4.09. The molecule has 0 saturated carbocycles. The molecule has 1 aliphatic carbocycles. The summed E-state index contributed by atoms with van der Waals surface area (Å²) in [5, 5.41) is 0. The molecule has 0 spiro atoms. The van der Waals surface area contributed by atoms with Gasteiger partial charge in [0, 0.05) is 12.0 Å². The second kappa shape index (κ2) is 4.33. The van der Waals surface area contributed by atoms with Crippen molar-refractivity contribution in [3.05, 3.63) is 22.6 Å². The highest BCUT2D eigenvalue weighted by Gasteiger charge is 2.43. The normalized spacial score (nSPS) is 19.5. The van der Waals surface area contributed by atoms with Gasteiger partial charge in [-0.2, -0.15) is 13.2 Å². The third kappa shape index (κ3) is 2.11. The Labute approximate surface area is 102 Å². The number of methoxy groups -OCH3 is 1. The quantitative estimate of drug-likeness (QED) is 0.730. The number of alkyl halides is 3. The van der Waals surface area contributed by atoms with Crippen LogP contribution in [0.15, 0.2) is 4.42 Å². The molecule has 0 N–H and O–H groups in total. The second-order valence-corrected chi connectivity index (χ2v) is 4.43. The molecule has 0 aliphatic heterocycles. The van der Waals surface area contributed by atoms with Crippen molar-refractivity contribution in [1.29, 1.82) is 0 Å². The maximum Gasteiger partial charge on any atom is 0.392 e. The van der Waals surface area contributed by atoms with Gasteiger partial charge in [0.15, 0.2) is 0 Å². The predicted molar refractivity (Wildman–Crippen MR) is 56.4 cm³/mol. The first-order chi connectivity index (χ1) is 8.34. The molecule has 6 heteroatoms. The summed E-state index contributed by atoms with van der Waals surface area (Å²) >= 11 is 0. The molecule has 1 heterocycles. The summed E-state index contributed by atoms with van der Waals surface area (Å²) < 4.78 is 47.7. The van der Waals surface area contributed by atoms with Gasteiger partial charge in [-0.15, -0.1) is 0 Å². The van der Waals surface area contributed by atoms with E-state index in [1.54, 1.807) is 6.92 Å². The first-order valence-corrected chi connectivity index (χ1v) is 5.60. The van der Waals surface area contributed by atoms with E-state index in [2.05, 4.69) is 4.74 Å². The van der Waals surface area contributed by atoms with Crippen molar-refractivity contribution in [2.75, 3.05) is 7.11 Å². The number of rotatable bonds is 1. The van der Waals surface area contributed by atoms with Crippen LogP contribution in [0.1, 0.15) is 33.9 Å². The number of hydrogen-bond donors (Lipinski definition) is 0. The summed E-state index contributed by atoms with van der Waals surface area (Å²) in [4.78, 5) is 11.4. The molecule has 0 fully saturated rings.